The molecule has 1 aliphatic carbocycles. The summed E-state index contributed by atoms with van der Waals surface area (Å²) in [5.41, 5.74) is 0. The Morgan fingerprint density at radius 3 is 1.09 bits per heavy atom. The molecule has 1 saturated carbocycles. The first-order chi connectivity index (χ1) is 5.14. The van der Waals surface area contributed by atoms with Gasteiger partial charge in [0.2, 0.25) is 0 Å². The Kier molecular flexibility index (Phi) is 6.63. The van der Waals surface area contributed by atoms with E-state index in [0.717, 1.165) is 0 Å². The summed E-state index contributed by atoms with van der Waals surface area (Å²) in [5.74, 6) is 0. The summed E-state index contributed by atoms with van der Waals surface area (Å²) in [5, 5.41) is 0. The molecular weight excluding hydrogens is 134 g/mol. The molecule has 0 unspecified atom stereocenters. The van der Waals surface area contributed by atoms with E-state index >= 15 is 0 Å². The zero-order chi connectivity index (χ0) is 8.69. The maximum Gasteiger partial charge on any atom is 0.00324 e. The predicted molar refractivity (Wildman–Crippen MR) is 51.9 cm³/mol. The number of rotatable bonds is 1. The van der Waals surface area contributed by atoms with Crippen molar-refractivity contribution in [2.24, 2.45) is 0 Å². The first kappa shape index (κ1) is 11.0. The van der Waals surface area contributed by atoms with E-state index in [0.29, 0.717) is 6.04 Å². The summed E-state index contributed by atoms with van der Waals surface area (Å²) >= 11 is 0. The van der Waals surface area contributed by atoms with Gasteiger partial charge in [0.25, 0.3) is 0 Å². The van der Waals surface area contributed by atoms with E-state index in [4.69, 9.17) is 0 Å². The van der Waals surface area contributed by atoms with Crippen LogP contribution in [0.1, 0.15) is 46.0 Å². The minimum Gasteiger partial charge on any atom is -0.307 e. The highest BCUT2D eigenvalue weighted by Gasteiger charge is 1.95. The van der Waals surface area contributed by atoms with E-state index in [1.54, 1.807) is 0 Å². The summed E-state index contributed by atoms with van der Waals surface area (Å²) < 4.78 is 0. The van der Waals surface area contributed by atoms with Gasteiger partial charge in [0.15, 0.2) is 0 Å². The van der Waals surface area contributed by atoms with Crippen molar-refractivity contribution in [3.63, 3.8) is 0 Å². The van der Waals surface area contributed by atoms with Crippen LogP contribution >= 0.6 is 0 Å². The molecule has 0 radical (unpaired) electrons. The Balaban J connectivity index is 0.000000183. The normalized spacial score (nSPS) is 16.9. The lowest BCUT2D eigenvalue weighted by Gasteiger charge is -2.12. The quantitative estimate of drug-likeness (QED) is 0.565. The van der Waals surface area contributed by atoms with Gasteiger partial charge in [0.1, 0.15) is 0 Å². The fraction of sp³-hybridized carbons (Fsp3) is 1.00. The summed E-state index contributed by atoms with van der Waals surface area (Å²) in [6, 6.07) is 0.685. The molecular formula is C10H23N. The molecule has 1 rings (SSSR count). The van der Waals surface area contributed by atoms with Crippen molar-refractivity contribution in [2.75, 3.05) is 14.1 Å². The molecule has 0 spiro atoms. The molecule has 1 nitrogen and oxygen atoms in total. The average molecular weight is 157 g/mol. The molecule has 0 amide bonds. The highest BCUT2D eigenvalue weighted by atomic mass is 15.1. The maximum absolute atomic E-state index is 2.17. The van der Waals surface area contributed by atoms with Gasteiger partial charge in [0, 0.05) is 6.04 Å². The molecule has 1 aliphatic rings. The van der Waals surface area contributed by atoms with Gasteiger partial charge < -0.3 is 4.90 Å². The van der Waals surface area contributed by atoms with Gasteiger partial charge in [-0.25, -0.2) is 0 Å². The topological polar surface area (TPSA) is 3.24 Å². The van der Waals surface area contributed by atoms with Gasteiger partial charge in [0.05, 0.1) is 0 Å². The summed E-state index contributed by atoms with van der Waals surface area (Å²) in [6.45, 7) is 4.33. The van der Waals surface area contributed by atoms with E-state index in [-0.39, 0.29) is 0 Å². The number of nitrogens with zero attached hydrogens (tertiary/aromatic N) is 1. The van der Waals surface area contributed by atoms with Gasteiger partial charge >= 0.3 is 0 Å². The van der Waals surface area contributed by atoms with Crippen molar-refractivity contribution in [2.45, 2.75) is 52.0 Å². The van der Waals surface area contributed by atoms with Crippen LogP contribution in [0.15, 0.2) is 0 Å². The lowest BCUT2D eigenvalue weighted by atomic mass is 10.4. The summed E-state index contributed by atoms with van der Waals surface area (Å²) in [4.78, 5) is 2.17. The smallest absolute Gasteiger partial charge is 0.00324 e. The lowest BCUT2D eigenvalue weighted by molar-refractivity contribution is 0.335. The third kappa shape index (κ3) is 7.86. The molecule has 0 N–H and O–H groups in total. The van der Waals surface area contributed by atoms with Crippen LogP contribution in [0, 0.1) is 0 Å². The van der Waals surface area contributed by atoms with Crippen LogP contribution in [0.3, 0.4) is 0 Å². The number of hydrogen-bond acceptors (Lipinski definition) is 1. The van der Waals surface area contributed by atoms with Gasteiger partial charge in [-0.1, -0.05) is 32.1 Å². The van der Waals surface area contributed by atoms with Crippen molar-refractivity contribution in [3.05, 3.63) is 0 Å². The molecule has 1 heteroatoms. The Bertz CT molecular complexity index is 59.3. The molecule has 0 aromatic heterocycles. The third-order valence-corrected chi connectivity index (χ3v) is 2.28. The monoisotopic (exact) mass is 157 g/mol. The lowest BCUT2D eigenvalue weighted by Crippen LogP contribution is -2.20. The molecule has 0 aromatic carbocycles. The van der Waals surface area contributed by atoms with Crippen molar-refractivity contribution in [3.8, 4) is 0 Å². The van der Waals surface area contributed by atoms with Crippen molar-refractivity contribution >= 4 is 0 Å². The van der Waals surface area contributed by atoms with Crippen molar-refractivity contribution < 1.29 is 0 Å². The third-order valence-electron chi connectivity index (χ3n) is 2.28. The van der Waals surface area contributed by atoms with E-state index in [1.807, 2.05) is 0 Å². The summed E-state index contributed by atoms with van der Waals surface area (Å²) in [7, 11) is 4.15. The minimum atomic E-state index is 0.685. The van der Waals surface area contributed by atoms with Gasteiger partial charge in [-0.2, -0.15) is 0 Å². The molecule has 0 heterocycles. The van der Waals surface area contributed by atoms with Gasteiger partial charge in [-0.3, -0.25) is 0 Å². The molecule has 68 valence electrons. The van der Waals surface area contributed by atoms with Crippen LogP contribution in [0.5, 0.6) is 0 Å². The first-order valence-electron chi connectivity index (χ1n) is 4.81. The van der Waals surface area contributed by atoms with Crippen LogP contribution in [-0.4, -0.2) is 25.0 Å². The molecule has 0 saturated heterocycles. The molecule has 1 fully saturated rings. The zero-order valence-corrected chi connectivity index (χ0v) is 8.56. The maximum atomic E-state index is 2.17. The minimum absolute atomic E-state index is 0.685. The van der Waals surface area contributed by atoms with Crippen LogP contribution in [-0.2, 0) is 0 Å². The van der Waals surface area contributed by atoms with Gasteiger partial charge in [-0.05, 0) is 27.9 Å². The Hall–Kier alpha value is -0.0400. The van der Waals surface area contributed by atoms with Crippen LogP contribution < -0.4 is 0 Å². The van der Waals surface area contributed by atoms with E-state index in [2.05, 4.69) is 32.8 Å². The molecule has 0 aromatic rings. The molecule has 0 atom stereocenters. The van der Waals surface area contributed by atoms with E-state index in [9.17, 15) is 0 Å². The van der Waals surface area contributed by atoms with Gasteiger partial charge in [-0.15, -0.1) is 0 Å². The fourth-order valence-corrected chi connectivity index (χ4v) is 0.884. The Labute approximate surface area is 71.8 Å². The first-order valence-corrected chi connectivity index (χ1v) is 4.81. The van der Waals surface area contributed by atoms with Crippen LogP contribution in [0.25, 0.3) is 0 Å². The second-order valence-electron chi connectivity index (χ2n) is 3.83. The highest BCUT2D eigenvalue weighted by Crippen LogP contribution is 2.15. The standard InChI is InChI=1S/C5H13N.C5H10/c1-5(2)6(3)4;1-2-4-5-3-1/h5H,1-4H3;1-5H2. The molecule has 0 bridgehead atoms. The van der Waals surface area contributed by atoms with Crippen molar-refractivity contribution in [1.29, 1.82) is 0 Å². The Morgan fingerprint density at radius 2 is 1.00 bits per heavy atom. The fourth-order valence-electron chi connectivity index (χ4n) is 0.884. The van der Waals surface area contributed by atoms with Crippen molar-refractivity contribution in [1.82, 2.24) is 4.90 Å². The molecule has 0 aliphatic heterocycles. The highest BCUT2D eigenvalue weighted by molar-refractivity contribution is 4.51. The SMILES string of the molecule is C1CCCC1.CC(C)N(C)C. The number of hydrogen-bond donors (Lipinski definition) is 0. The van der Waals surface area contributed by atoms with Crippen LogP contribution in [0.4, 0.5) is 0 Å². The molecule has 11 heavy (non-hydrogen) atoms. The average Bonchev–Trinajstić information content (AvgIpc) is 2.41. The zero-order valence-electron chi connectivity index (χ0n) is 8.56. The second-order valence-corrected chi connectivity index (χ2v) is 3.83. The largest absolute Gasteiger partial charge is 0.307 e. The van der Waals surface area contributed by atoms with Crippen LogP contribution in [0.2, 0.25) is 0 Å². The second kappa shape index (κ2) is 6.66. The predicted octanol–water partition coefficient (Wildman–Crippen LogP) is 2.91. The van der Waals surface area contributed by atoms with E-state index < -0.39 is 0 Å². The summed E-state index contributed by atoms with van der Waals surface area (Å²) in [6.07, 6.45) is 7.50. The Morgan fingerprint density at radius 1 is 0.818 bits per heavy atom. The van der Waals surface area contributed by atoms with E-state index in [1.165, 1.54) is 32.1 Å².